The Morgan fingerprint density at radius 3 is 2.69 bits per heavy atom. The molecule has 0 aromatic carbocycles. The first-order valence-electron chi connectivity index (χ1n) is 3.89. The van der Waals surface area contributed by atoms with Crippen LogP contribution in [0.2, 0.25) is 5.02 Å². The van der Waals surface area contributed by atoms with Gasteiger partial charge in [0.2, 0.25) is 0 Å². The molecule has 0 saturated heterocycles. The molecule has 0 aliphatic heterocycles. The molecule has 2 heterocycles. The fourth-order valence-electron chi connectivity index (χ4n) is 1.13. The van der Waals surface area contributed by atoms with Gasteiger partial charge in [0, 0.05) is 18.6 Å². The minimum atomic E-state index is 0.640. The normalized spacial score (nSPS) is 10.3. The summed E-state index contributed by atoms with van der Waals surface area (Å²) in [7, 11) is 0. The Morgan fingerprint density at radius 2 is 2.15 bits per heavy atom. The van der Waals surface area contributed by atoms with Crippen LogP contribution in [0, 0.1) is 6.92 Å². The number of aromatic nitrogens is 3. The highest BCUT2D eigenvalue weighted by atomic mass is 35.5. The molecular weight excluding hydrogens is 186 g/mol. The third-order valence-corrected chi connectivity index (χ3v) is 2.01. The van der Waals surface area contributed by atoms with E-state index in [0.29, 0.717) is 5.02 Å². The van der Waals surface area contributed by atoms with Gasteiger partial charge >= 0.3 is 0 Å². The summed E-state index contributed by atoms with van der Waals surface area (Å²) in [5.74, 6) is 1.74. The Labute approximate surface area is 81.0 Å². The maximum absolute atomic E-state index is 5.73. The van der Waals surface area contributed by atoms with E-state index in [9.17, 15) is 0 Å². The Balaban J connectivity index is 2.47. The first kappa shape index (κ1) is 8.26. The summed E-state index contributed by atoms with van der Waals surface area (Å²) in [6, 6.07) is 3.67. The van der Waals surface area contributed by atoms with E-state index in [1.807, 2.05) is 29.8 Å². The summed E-state index contributed by atoms with van der Waals surface area (Å²) < 4.78 is 1.90. The Kier molecular flexibility index (Phi) is 2.02. The van der Waals surface area contributed by atoms with Crippen LogP contribution in [0.3, 0.4) is 0 Å². The van der Waals surface area contributed by atoms with Crippen LogP contribution in [0.5, 0.6) is 0 Å². The molecule has 0 atom stereocenters. The molecule has 2 rings (SSSR count). The van der Waals surface area contributed by atoms with Crippen LogP contribution in [0.25, 0.3) is 5.82 Å². The molecule has 4 heteroatoms. The van der Waals surface area contributed by atoms with Crippen molar-refractivity contribution in [1.82, 2.24) is 14.5 Å². The van der Waals surface area contributed by atoms with E-state index in [4.69, 9.17) is 11.6 Å². The minimum absolute atomic E-state index is 0.640. The van der Waals surface area contributed by atoms with Gasteiger partial charge in [-0.05, 0) is 19.1 Å². The lowest BCUT2D eigenvalue weighted by molar-refractivity contribution is 0.933. The zero-order valence-electron chi connectivity index (χ0n) is 7.11. The third-order valence-electron chi connectivity index (χ3n) is 1.78. The lowest BCUT2D eigenvalue weighted by Crippen LogP contribution is -1.97. The van der Waals surface area contributed by atoms with Crippen LogP contribution in [0.4, 0.5) is 0 Å². The van der Waals surface area contributed by atoms with Gasteiger partial charge in [-0.25, -0.2) is 9.97 Å². The largest absolute Gasteiger partial charge is 0.288 e. The molecule has 0 aliphatic rings. The number of aryl methyl sites for hydroxylation is 1. The van der Waals surface area contributed by atoms with Crippen LogP contribution < -0.4 is 0 Å². The van der Waals surface area contributed by atoms with Crippen molar-refractivity contribution in [2.45, 2.75) is 6.92 Å². The topological polar surface area (TPSA) is 30.7 Å². The summed E-state index contributed by atoms with van der Waals surface area (Å²) >= 11 is 5.73. The molecule has 0 aliphatic carbocycles. The summed E-state index contributed by atoms with van der Waals surface area (Å²) in [6.07, 6.45) is 5.23. The first-order valence-corrected chi connectivity index (χ1v) is 4.27. The number of imidazole rings is 1. The third kappa shape index (κ3) is 1.55. The van der Waals surface area contributed by atoms with Crippen molar-refractivity contribution in [1.29, 1.82) is 0 Å². The monoisotopic (exact) mass is 193 g/mol. The van der Waals surface area contributed by atoms with Crippen LogP contribution in [-0.4, -0.2) is 14.5 Å². The highest BCUT2D eigenvalue weighted by molar-refractivity contribution is 6.30. The summed E-state index contributed by atoms with van der Waals surface area (Å²) in [5.41, 5.74) is 0. The number of hydrogen-bond acceptors (Lipinski definition) is 2. The van der Waals surface area contributed by atoms with Crippen molar-refractivity contribution in [2.24, 2.45) is 0 Å². The van der Waals surface area contributed by atoms with E-state index in [1.54, 1.807) is 12.4 Å². The molecule has 0 N–H and O–H groups in total. The lowest BCUT2D eigenvalue weighted by Gasteiger charge is -2.02. The van der Waals surface area contributed by atoms with Crippen molar-refractivity contribution in [3.63, 3.8) is 0 Å². The Hall–Kier alpha value is -1.35. The Morgan fingerprint density at radius 1 is 1.31 bits per heavy atom. The molecule has 0 spiro atoms. The van der Waals surface area contributed by atoms with Crippen LogP contribution in [-0.2, 0) is 0 Å². The molecule has 0 unspecified atom stereocenters. The number of halogens is 1. The Bertz CT molecular complexity index is 405. The quantitative estimate of drug-likeness (QED) is 0.696. The second-order valence-corrected chi connectivity index (χ2v) is 3.12. The van der Waals surface area contributed by atoms with E-state index in [2.05, 4.69) is 9.97 Å². The van der Waals surface area contributed by atoms with E-state index >= 15 is 0 Å². The lowest BCUT2D eigenvalue weighted by atomic mass is 10.4. The zero-order valence-corrected chi connectivity index (χ0v) is 7.86. The summed E-state index contributed by atoms with van der Waals surface area (Å²) in [4.78, 5) is 8.28. The second kappa shape index (κ2) is 3.18. The molecule has 66 valence electrons. The van der Waals surface area contributed by atoms with Gasteiger partial charge in [0.15, 0.2) is 0 Å². The zero-order chi connectivity index (χ0) is 9.26. The first-order chi connectivity index (χ1) is 6.27. The molecule has 0 fully saturated rings. The number of pyridine rings is 1. The van der Waals surface area contributed by atoms with Crippen molar-refractivity contribution in [3.8, 4) is 5.82 Å². The average molecular weight is 194 g/mol. The van der Waals surface area contributed by atoms with Gasteiger partial charge in [-0.1, -0.05) is 11.6 Å². The average Bonchev–Trinajstić information content (AvgIpc) is 2.53. The van der Waals surface area contributed by atoms with Gasteiger partial charge in [0.25, 0.3) is 0 Å². The van der Waals surface area contributed by atoms with Crippen molar-refractivity contribution in [3.05, 3.63) is 41.6 Å². The minimum Gasteiger partial charge on any atom is -0.288 e. The van der Waals surface area contributed by atoms with E-state index < -0.39 is 0 Å². The van der Waals surface area contributed by atoms with Crippen molar-refractivity contribution >= 4 is 11.6 Å². The van der Waals surface area contributed by atoms with Gasteiger partial charge in [-0.15, -0.1) is 0 Å². The predicted octanol–water partition coefficient (Wildman–Crippen LogP) is 2.23. The van der Waals surface area contributed by atoms with Gasteiger partial charge in [-0.3, -0.25) is 4.57 Å². The molecule has 0 saturated carbocycles. The molecule has 0 amide bonds. The molecule has 13 heavy (non-hydrogen) atoms. The van der Waals surface area contributed by atoms with Crippen molar-refractivity contribution < 1.29 is 0 Å². The van der Waals surface area contributed by atoms with Gasteiger partial charge < -0.3 is 0 Å². The molecule has 3 nitrogen and oxygen atoms in total. The number of rotatable bonds is 1. The summed E-state index contributed by atoms with van der Waals surface area (Å²) in [6.45, 7) is 1.93. The van der Waals surface area contributed by atoms with E-state index in [0.717, 1.165) is 11.6 Å². The van der Waals surface area contributed by atoms with Crippen LogP contribution >= 0.6 is 11.6 Å². The smallest absolute Gasteiger partial charge is 0.138 e. The van der Waals surface area contributed by atoms with E-state index in [-0.39, 0.29) is 0 Å². The van der Waals surface area contributed by atoms with Crippen LogP contribution in [0.15, 0.2) is 30.7 Å². The SMILES string of the molecule is Cc1nccn1-c1ccc(Cl)cn1. The second-order valence-electron chi connectivity index (χ2n) is 2.68. The highest BCUT2D eigenvalue weighted by Crippen LogP contribution is 2.10. The van der Waals surface area contributed by atoms with Gasteiger partial charge in [0.1, 0.15) is 11.6 Å². The maximum atomic E-state index is 5.73. The maximum Gasteiger partial charge on any atom is 0.138 e. The summed E-state index contributed by atoms with van der Waals surface area (Å²) in [5, 5.41) is 0.640. The molecule has 0 radical (unpaired) electrons. The molecule has 2 aromatic rings. The van der Waals surface area contributed by atoms with Crippen LogP contribution in [0.1, 0.15) is 5.82 Å². The van der Waals surface area contributed by atoms with Gasteiger partial charge in [-0.2, -0.15) is 0 Å². The standard InChI is InChI=1S/C9H8ClN3/c1-7-11-4-5-13(7)9-3-2-8(10)6-12-9/h2-6H,1H3. The van der Waals surface area contributed by atoms with Gasteiger partial charge in [0.05, 0.1) is 5.02 Å². The number of hydrogen-bond donors (Lipinski definition) is 0. The van der Waals surface area contributed by atoms with Crippen molar-refractivity contribution in [2.75, 3.05) is 0 Å². The fraction of sp³-hybridized carbons (Fsp3) is 0.111. The van der Waals surface area contributed by atoms with E-state index in [1.165, 1.54) is 0 Å². The molecule has 2 aromatic heterocycles. The predicted molar refractivity (Wildman–Crippen MR) is 51.1 cm³/mol. The molecule has 0 bridgehead atoms. The highest BCUT2D eigenvalue weighted by Gasteiger charge is 2.00. The molecular formula is C9H8ClN3. The fourth-order valence-corrected chi connectivity index (χ4v) is 1.24. The number of nitrogens with zero attached hydrogens (tertiary/aromatic N) is 3.